The fourth-order valence-electron chi connectivity index (χ4n) is 3.15. The van der Waals surface area contributed by atoms with Gasteiger partial charge in [-0.25, -0.2) is 0 Å². The Morgan fingerprint density at radius 3 is 2.96 bits per heavy atom. The van der Waals surface area contributed by atoms with Crippen molar-refractivity contribution in [2.24, 2.45) is 12.5 Å². The molecule has 1 atom stereocenters. The van der Waals surface area contributed by atoms with Crippen molar-refractivity contribution in [1.82, 2.24) is 20.1 Å². The molecule has 1 fully saturated rings. The van der Waals surface area contributed by atoms with Gasteiger partial charge in [0.25, 0.3) is 0 Å². The normalized spacial score (nSPS) is 20.2. The van der Waals surface area contributed by atoms with Gasteiger partial charge in [-0.1, -0.05) is 26.0 Å². The van der Waals surface area contributed by atoms with Crippen LogP contribution in [-0.4, -0.2) is 33.3 Å². The predicted octanol–water partition coefficient (Wildman–Crippen LogP) is 2.20. The minimum absolute atomic E-state index is 0.0183. The number of benzene rings is 1. The Kier molecular flexibility index (Phi) is 4.17. The fourth-order valence-corrected chi connectivity index (χ4v) is 3.15. The Balaban J connectivity index is 1.78. The van der Waals surface area contributed by atoms with Gasteiger partial charge in [-0.2, -0.15) is 0 Å². The van der Waals surface area contributed by atoms with Gasteiger partial charge in [0.1, 0.15) is 6.33 Å². The Morgan fingerprint density at radius 2 is 2.26 bits per heavy atom. The molecule has 1 saturated heterocycles. The van der Waals surface area contributed by atoms with Crippen molar-refractivity contribution in [3.05, 3.63) is 30.6 Å². The third kappa shape index (κ3) is 3.27. The molecule has 122 valence electrons. The van der Waals surface area contributed by atoms with Crippen molar-refractivity contribution in [3.63, 3.8) is 0 Å². The third-order valence-electron chi connectivity index (χ3n) is 4.49. The molecule has 0 aliphatic carbocycles. The van der Waals surface area contributed by atoms with Gasteiger partial charge in [0, 0.05) is 18.3 Å². The summed E-state index contributed by atoms with van der Waals surface area (Å²) >= 11 is 0. The minimum atomic E-state index is -0.172. The van der Waals surface area contributed by atoms with Crippen LogP contribution < -0.4 is 10.6 Å². The van der Waals surface area contributed by atoms with Crippen LogP contribution in [0.1, 0.15) is 26.7 Å². The molecule has 1 aromatic heterocycles. The topological polar surface area (TPSA) is 71.8 Å². The van der Waals surface area contributed by atoms with E-state index in [-0.39, 0.29) is 17.4 Å². The molecule has 0 bridgehead atoms. The number of piperidine rings is 1. The Labute approximate surface area is 136 Å². The molecule has 0 radical (unpaired) electrons. The van der Waals surface area contributed by atoms with Crippen LogP contribution in [0.15, 0.2) is 30.6 Å². The molecule has 6 nitrogen and oxygen atoms in total. The number of hydrogen-bond acceptors (Lipinski definition) is 4. The second-order valence-corrected chi connectivity index (χ2v) is 6.81. The van der Waals surface area contributed by atoms with Crippen LogP contribution >= 0.6 is 0 Å². The van der Waals surface area contributed by atoms with Gasteiger partial charge in [0.15, 0.2) is 5.82 Å². The summed E-state index contributed by atoms with van der Waals surface area (Å²) in [5, 5.41) is 14.4. The van der Waals surface area contributed by atoms with E-state index in [2.05, 4.69) is 34.7 Å². The minimum Gasteiger partial charge on any atom is -0.325 e. The number of carbonyl (C=O) groups is 1. The van der Waals surface area contributed by atoms with E-state index in [0.29, 0.717) is 0 Å². The average Bonchev–Trinajstić information content (AvgIpc) is 2.93. The maximum absolute atomic E-state index is 12.6. The maximum atomic E-state index is 12.6. The van der Waals surface area contributed by atoms with Gasteiger partial charge in [-0.05, 0) is 36.9 Å². The number of nitrogens with one attached hydrogen (secondary N) is 2. The van der Waals surface area contributed by atoms with Crippen LogP contribution in [0.3, 0.4) is 0 Å². The van der Waals surface area contributed by atoms with Crippen LogP contribution in [0, 0.1) is 5.41 Å². The predicted molar refractivity (Wildman–Crippen MR) is 89.9 cm³/mol. The van der Waals surface area contributed by atoms with E-state index in [4.69, 9.17) is 0 Å². The first kappa shape index (κ1) is 15.7. The lowest BCUT2D eigenvalue weighted by Gasteiger charge is -2.38. The highest BCUT2D eigenvalue weighted by molar-refractivity contribution is 5.96. The van der Waals surface area contributed by atoms with Gasteiger partial charge >= 0.3 is 0 Å². The SMILES string of the molecule is Cn1cnnc1-c1cccc(NC(=O)C2NCCCC2(C)C)c1. The molecule has 6 heteroatoms. The molecule has 2 N–H and O–H groups in total. The number of anilines is 1. The van der Waals surface area contributed by atoms with Gasteiger partial charge in [0.05, 0.1) is 6.04 Å². The summed E-state index contributed by atoms with van der Waals surface area (Å²) in [5.41, 5.74) is 1.67. The zero-order valence-electron chi connectivity index (χ0n) is 13.8. The Hall–Kier alpha value is -2.21. The molecule has 1 aliphatic heterocycles. The summed E-state index contributed by atoms with van der Waals surface area (Å²) in [6, 6.07) is 7.53. The first-order chi connectivity index (χ1) is 11.0. The van der Waals surface area contributed by atoms with E-state index in [9.17, 15) is 4.79 Å². The number of aromatic nitrogens is 3. The van der Waals surface area contributed by atoms with Gasteiger partial charge < -0.3 is 15.2 Å². The van der Waals surface area contributed by atoms with Gasteiger partial charge in [-0.15, -0.1) is 10.2 Å². The summed E-state index contributed by atoms with van der Waals surface area (Å²) in [6.07, 6.45) is 3.82. The number of nitrogens with zero attached hydrogens (tertiary/aromatic N) is 3. The lowest BCUT2D eigenvalue weighted by Crippen LogP contribution is -2.53. The van der Waals surface area contributed by atoms with E-state index in [1.54, 1.807) is 6.33 Å². The van der Waals surface area contributed by atoms with E-state index in [1.807, 2.05) is 35.9 Å². The van der Waals surface area contributed by atoms with Crippen LogP contribution in [-0.2, 0) is 11.8 Å². The summed E-state index contributed by atoms with van der Waals surface area (Å²) in [6.45, 7) is 5.17. The quantitative estimate of drug-likeness (QED) is 0.911. The number of amides is 1. The second-order valence-electron chi connectivity index (χ2n) is 6.81. The van der Waals surface area contributed by atoms with Crippen molar-refractivity contribution >= 4 is 11.6 Å². The molecular weight excluding hydrogens is 290 g/mol. The average molecular weight is 313 g/mol. The lowest BCUT2D eigenvalue weighted by atomic mass is 9.77. The van der Waals surface area contributed by atoms with E-state index < -0.39 is 0 Å². The largest absolute Gasteiger partial charge is 0.325 e. The Morgan fingerprint density at radius 1 is 1.43 bits per heavy atom. The van der Waals surface area contributed by atoms with E-state index in [1.165, 1.54) is 0 Å². The highest BCUT2D eigenvalue weighted by atomic mass is 16.2. The number of carbonyl (C=O) groups excluding carboxylic acids is 1. The number of rotatable bonds is 3. The van der Waals surface area contributed by atoms with Crippen LogP contribution in [0.5, 0.6) is 0 Å². The van der Waals surface area contributed by atoms with Crippen molar-refractivity contribution in [3.8, 4) is 11.4 Å². The zero-order chi connectivity index (χ0) is 16.4. The maximum Gasteiger partial charge on any atom is 0.242 e. The first-order valence-electron chi connectivity index (χ1n) is 7.96. The molecule has 1 amide bonds. The highest BCUT2D eigenvalue weighted by Gasteiger charge is 2.37. The van der Waals surface area contributed by atoms with Crippen LogP contribution in [0.2, 0.25) is 0 Å². The van der Waals surface area contributed by atoms with Crippen LogP contribution in [0.4, 0.5) is 5.69 Å². The molecule has 2 aromatic rings. The summed E-state index contributed by atoms with van der Waals surface area (Å²) in [7, 11) is 1.90. The molecule has 0 saturated carbocycles. The van der Waals surface area contributed by atoms with Crippen molar-refractivity contribution in [2.45, 2.75) is 32.7 Å². The summed E-state index contributed by atoms with van der Waals surface area (Å²) in [4.78, 5) is 12.6. The van der Waals surface area contributed by atoms with Crippen molar-refractivity contribution in [2.75, 3.05) is 11.9 Å². The van der Waals surface area contributed by atoms with Crippen molar-refractivity contribution < 1.29 is 4.79 Å². The molecule has 1 aliphatic rings. The number of hydrogen-bond donors (Lipinski definition) is 2. The molecular formula is C17H23N5O. The van der Waals surface area contributed by atoms with Gasteiger partial charge in [0.2, 0.25) is 5.91 Å². The molecule has 23 heavy (non-hydrogen) atoms. The molecule has 1 unspecified atom stereocenters. The monoisotopic (exact) mass is 313 g/mol. The first-order valence-corrected chi connectivity index (χ1v) is 7.96. The standard InChI is InChI=1S/C17H23N5O/c1-17(2)8-5-9-18-14(17)16(23)20-13-7-4-6-12(10-13)15-21-19-11-22(15)3/h4,6-7,10-11,14,18H,5,8-9H2,1-3H3,(H,20,23). The zero-order valence-corrected chi connectivity index (χ0v) is 13.8. The smallest absolute Gasteiger partial charge is 0.242 e. The van der Waals surface area contributed by atoms with Crippen molar-refractivity contribution in [1.29, 1.82) is 0 Å². The second kappa shape index (κ2) is 6.12. The molecule has 2 heterocycles. The van der Waals surface area contributed by atoms with Crippen LogP contribution in [0.25, 0.3) is 11.4 Å². The van der Waals surface area contributed by atoms with E-state index >= 15 is 0 Å². The molecule has 3 rings (SSSR count). The molecule has 0 spiro atoms. The number of aryl methyl sites for hydroxylation is 1. The molecule has 1 aromatic carbocycles. The summed E-state index contributed by atoms with van der Waals surface area (Å²) < 4.78 is 1.85. The van der Waals surface area contributed by atoms with E-state index in [0.717, 1.165) is 36.5 Å². The Bertz CT molecular complexity index is 707. The highest BCUT2D eigenvalue weighted by Crippen LogP contribution is 2.31. The fraction of sp³-hybridized carbons (Fsp3) is 0.471. The summed E-state index contributed by atoms with van der Waals surface area (Å²) in [5.74, 6) is 0.794. The van der Waals surface area contributed by atoms with Gasteiger partial charge in [-0.3, -0.25) is 4.79 Å². The lowest BCUT2D eigenvalue weighted by molar-refractivity contribution is -0.121. The third-order valence-corrected chi connectivity index (χ3v) is 4.49.